The molecule has 0 unspecified atom stereocenters. The monoisotopic (exact) mass is 238 g/mol. The normalized spacial score (nSPS) is 10.8. The molecule has 2 N–H and O–H groups in total. The molecule has 4 heteroatoms. The number of rotatable bonds is 7. The van der Waals surface area contributed by atoms with E-state index in [-0.39, 0.29) is 5.91 Å². The summed E-state index contributed by atoms with van der Waals surface area (Å²) in [6.45, 7) is 7.84. The molecule has 0 aliphatic heterocycles. The van der Waals surface area contributed by atoms with Gasteiger partial charge in [-0.1, -0.05) is 20.8 Å². The molecule has 0 aliphatic rings. The molecular weight excluding hydrogens is 216 g/mol. The van der Waals surface area contributed by atoms with Gasteiger partial charge in [-0.2, -0.15) is 0 Å². The third kappa shape index (κ3) is 5.54. The Morgan fingerprint density at radius 3 is 2.65 bits per heavy atom. The van der Waals surface area contributed by atoms with E-state index in [1.54, 1.807) is 0 Å². The molecule has 1 aromatic rings. The standard InChI is InChI=1S/C13H22N2O2/c1-4-11-5-6-12(17-11)8-14-9-13(16)15-7-10(2)3/h5-6,10,14H,4,7-9H2,1-3H3,(H,15,16). The van der Waals surface area contributed by atoms with E-state index in [0.717, 1.165) is 24.5 Å². The molecule has 1 heterocycles. The summed E-state index contributed by atoms with van der Waals surface area (Å²) in [5, 5.41) is 5.91. The molecule has 0 atom stereocenters. The summed E-state index contributed by atoms with van der Waals surface area (Å²) in [4.78, 5) is 11.4. The number of furan rings is 1. The average Bonchev–Trinajstić information content (AvgIpc) is 2.74. The van der Waals surface area contributed by atoms with Crippen LogP contribution in [-0.4, -0.2) is 19.0 Å². The van der Waals surface area contributed by atoms with Gasteiger partial charge in [-0.3, -0.25) is 4.79 Å². The molecule has 0 bridgehead atoms. The first kappa shape index (κ1) is 13.8. The topological polar surface area (TPSA) is 54.3 Å². The van der Waals surface area contributed by atoms with E-state index < -0.39 is 0 Å². The van der Waals surface area contributed by atoms with E-state index in [4.69, 9.17) is 4.42 Å². The number of aryl methyl sites for hydroxylation is 1. The molecular formula is C13H22N2O2. The van der Waals surface area contributed by atoms with Crippen LogP contribution in [0, 0.1) is 5.92 Å². The van der Waals surface area contributed by atoms with Crippen molar-refractivity contribution in [2.24, 2.45) is 5.92 Å². The summed E-state index contributed by atoms with van der Waals surface area (Å²) < 4.78 is 5.52. The Bertz CT molecular complexity index is 345. The molecule has 0 spiro atoms. The molecule has 0 saturated carbocycles. The van der Waals surface area contributed by atoms with Crippen molar-refractivity contribution < 1.29 is 9.21 Å². The Hall–Kier alpha value is -1.29. The van der Waals surface area contributed by atoms with E-state index in [0.29, 0.717) is 19.0 Å². The van der Waals surface area contributed by atoms with Gasteiger partial charge in [-0.05, 0) is 18.1 Å². The van der Waals surface area contributed by atoms with Crippen LogP contribution in [0.25, 0.3) is 0 Å². The molecule has 0 saturated heterocycles. The summed E-state index contributed by atoms with van der Waals surface area (Å²) in [6.07, 6.45) is 0.898. The number of nitrogens with one attached hydrogen (secondary N) is 2. The summed E-state index contributed by atoms with van der Waals surface area (Å²) in [6, 6.07) is 3.91. The first-order valence-electron chi connectivity index (χ1n) is 6.16. The van der Waals surface area contributed by atoms with Crippen molar-refractivity contribution in [3.8, 4) is 0 Å². The zero-order chi connectivity index (χ0) is 12.7. The Morgan fingerprint density at radius 2 is 2.06 bits per heavy atom. The minimum Gasteiger partial charge on any atom is -0.465 e. The molecule has 0 aromatic carbocycles. The summed E-state index contributed by atoms with van der Waals surface area (Å²) in [7, 11) is 0. The zero-order valence-corrected chi connectivity index (χ0v) is 10.9. The molecule has 0 aliphatic carbocycles. The molecule has 1 aromatic heterocycles. The Morgan fingerprint density at radius 1 is 1.35 bits per heavy atom. The van der Waals surface area contributed by atoms with Crippen LogP contribution in [-0.2, 0) is 17.8 Å². The van der Waals surface area contributed by atoms with E-state index in [2.05, 4.69) is 31.4 Å². The van der Waals surface area contributed by atoms with Crippen molar-refractivity contribution in [1.82, 2.24) is 10.6 Å². The van der Waals surface area contributed by atoms with Gasteiger partial charge in [0.15, 0.2) is 0 Å². The summed E-state index contributed by atoms with van der Waals surface area (Å²) in [5.41, 5.74) is 0. The second-order valence-electron chi connectivity index (χ2n) is 4.52. The number of amides is 1. The predicted octanol–water partition coefficient (Wildman–Crippen LogP) is 1.70. The van der Waals surface area contributed by atoms with E-state index in [1.165, 1.54) is 0 Å². The number of hydrogen-bond donors (Lipinski definition) is 2. The molecule has 1 amide bonds. The number of carbonyl (C=O) groups is 1. The minimum absolute atomic E-state index is 0.0287. The summed E-state index contributed by atoms with van der Waals surface area (Å²) >= 11 is 0. The third-order valence-corrected chi connectivity index (χ3v) is 2.36. The van der Waals surface area contributed by atoms with Gasteiger partial charge in [-0.15, -0.1) is 0 Å². The lowest BCUT2D eigenvalue weighted by Gasteiger charge is -2.07. The predicted molar refractivity (Wildman–Crippen MR) is 67.6 cm³/mol. The highest BCUT2D eigenvalue weighted by molar-refractivity contribution is 5.77. The van der Waals surface area contributed by atoms with Crippen LogP contribution >= 0.6 is 0 Å². The Kier molecular flexibility index (Phi) is 5.77. The maximum Gasteiger partial charge on any atom is 0.233 e. The fourth-order valence-electron chi connectivity index (χ4n) is 1.39. The second kappa shape index (κ2) is 7.12. The number of hydrogen-bond acceptors (Lipinski definition) is 3. The van der Waals surface area contributed by atoms with Crippen LogP contribution in [0.4, 0.5) is 0 Å². The van der Waals surface area contributed by atoms with Crippen LogP contribution in [0.1, 0.15) is 32.3 Å². The Balaban J connectivity index is 2.16. The SMILES string of the molecule is CCc1ccc(CNCC(=O)NCC(C)C)o1. The van der Waals surface area contributed by atoms with Crippen molar-refractivity contribution in [1.29, 1.82) is 0 Å². The van der Waals surface area contributed by atoms with E-state index >= 15 is 0 Å². The summed E-state index contributed by atoms with van der Waals surface area (Å²) in [5.74, 6) is 2.36. The van der Waals surface area contributed by atoms with Crippen molar-refractivity contribution >= 4 is 5.91 Å². The van der Waals surface area contributed by atoms with Gasteiger partial charge in [0.05, 0.1) is 13.1 Å². The quantitative estimate of drug-likeness (QED) is 0.760. The van der Waals surface area contributed by atoms with Gasteiger partial charge < -0.3 is 15.1 Å². The average molecular weight is 238 g/mol. The van der Waals surface area contributed by atoms with Gasteiger partial charge in [0.25, 0.3) is 0 Å². The highest BCUT2D eigenvalue weighted by Crippen LogP contribution is 2.07. The maximum atomic E-state index is 11.4. The van der Waals surface area contributed by atoms with Crippen molar-refractivity contribution in [3.63, 3.8) is 0 Å². The highest BCUT2D eigenvalue weighted by atomic mass is 16.3. The first-order valence-corrected chi connectivity index (χ1v) is 6.16. The molecule has 96 valence electrons. The fourth-order valence-corrected chi connectivity index (χ4v) is 1.39. The smallest absolute Gasteiger partial charge is 0.233 e. The lowest BCUT2D eigenvalue weighted by Crippen LogP contribution is -2.35. The molecule has 17 heavy (non-hydrogen) atoms. The van der Waals surface area contributed by atoms with Crippen molar-refractivity contribution in [2.45, 2.75) is 33.7 Å². The third-order valence-electron chi connectivity index (χ3n) is 2.36. The largest absolute Gasteiger partial charge is 0.465 e. The molecule has 0 radical (unpaired) electrons. The van der Waals surface area contributed by atoms with Crippen LogP contribution in [0.3, 0.4) is 0 Å². The van der Waals surface area contributed by atoms with Gasteiger partial charge >= 0.3 is 0 Å². The zero-order valence-electron chi connectivity index (χ0n) is 10.9. The second-order valence-corrected chi connectivity index (χ2v) is 4.52. The lowest BCUT2D eigenvalue weighted by atomic mass is 10.2. The molecule has 0 fully saturated rings. The first-order chi connectivity index (χ1) is 8.11. The lowest BCUT2D eigenvalue weighted by molar-refractivity contribution is -0.120. The highest BCUT2D eigenvalue weighted by Gasteiger charge is 2.03. The maximum absolute atomic E-state index is 11.4. The van der Waals surface area contributed by atoms with Gasteiger partial charge in [0, 0.05) is 13.0 Å². The van der Waals surface area contributed by atoms with Crippen LogP contribution in [0.15, 0.2) is 16.5 Å². The van der Waals surface area contributed by atoms with Gasteiger partial charge in [0.1, 0.15) is 11.5 Å². The van der Waals surface area contributed by atoms with Crippen molar-refractivity contribution in [3.05, 3.63) is 23.7 Å². The molecule has 4 nitrogen and oxygen atoms in total. The van der Waals surface area contributed by atoms with Crippen LogP contribution < -0.4 is 10.6 Å². The van der Waals surface area contributed by atoms with Gasteiger partial charge in [0.2, 0.25) is 5.91 Å². The van der Waals surface area contributed by atoms with Crippen LogP contribution in [0.2, 0.25) is 0 Å². The van der Waals surface area contributed by atoms with E-state index in [9.17, 15) is 4.79 Å². The minimum atomic E-state index is 0.0287. The fraction of sp³-hybridized carbons (Fsp3) is 0.615. The Labute approximate surface area is 103 Å². The van der Waals surface area contributed by atoms with Crippen LogP contribution in [0.5, 0.6) is 0 Å². The number of carbonyl (C=O) groups excluding carboxylic acids is 1. The van der Waals surface area contributed by atoms with Crippen molar-refractivity contribution in [2.75, 3.05) is 13.1 Å². The van der Waals surface area contributed by atoms with Gasteiger partial charge in [-0.25, -0.2) is 0 Å². The van der Waals surface area contributed by atoms with E-state index in [1.807, 2.05) is 12.1 Å². The molecule has 1 rings (SSSR count).